The van der Waals surface area contributed by atoms with Gasteiger partial charge in [-0.2, -0.15) is 0 Å². The van der Waals surface area contributed by atoms with Crippen molar-refractivity contribution in [3.63, 3.8) is 0 Å². The fourth-order valence-electron chi connectivity index (χ4n) is 3.94. The number of amides is 1. The summed E-state index contributed by atoms with van der Waals surface area (Å²) in [6.07, 6.45) is 0.655. The average molecular weight is 551 g/mol. The molecule has 0 aliphatic carbocycles. The number of carbonyl (C=O) groups is 2. The molecule has 0 fully saturated rings. The number of rotatable bonds is 11. The number of thiophene rings is 1. The van der Waals surface area contributed by atoms with Gasteiger partial charge in [0.05, 0.1) is 12.9 Å². The number of aromatic nitrogens is 3. The molecule has 10 heteroatoms. The summed E-state index contributed by atoms with van der Waals surface area (Å²) in [5.74, 6) is 0.802. The Kier molecular flexibility index (Phi) is 9.19. The molecule has 38 heavy (non-hydrogen) atoms. The number of hydrogen-bond donors (Lipinski definition) is 1. The number of carbonyl (C=O) groups excluding carboxylic acids is 2. The molecule has 0 bridgehead atoms. The lowest BCUT2D eigenvalue weighted by Crippen LogP contribution is -2.17. The number of nitrogens with one attached hydrogen (secondary N) is 1. The molecule has 4 rings (SSSR count). The number of esters is 1. The summed E-state index contributed by atoms with van der Waals surface area (Å²) < 4.78 is 13.0. The van der Waals surface area contributed by atoms with Gasteiger partial charge in [-0.05, 0) is 43.5 Å². The summed E-state index contributed by atoms with van der Waals surface area (Å²) >= 11 is 2.57. The molecule has 2 aromatic carbocycles. The summed E-state index contributed by atoms with van der Waals surface area (Å²) in [4.78, 5) is 25.4. The molecule has 1 amide bonds. The van der Waals surface area contributed by atoms with Crippen molar-refractivity contribution < 1.29 is 19.1 Å². The van der Waals surface area contributed by atoms with E-state index in [4.69, 9.17) is 9.47 Å². The summed E-state index contributed by atoms with van der Waals surface area (Å²) in [7, 11) is 1.33. The molecule has 8 nitrogen and oxygen atoms in total. The lowest BCUT2D eigenvalue weighted by atomic mass is 10.0. The first-order valence-electron chi connectivity index (χ1n) is 12.3. The van der Waals surface area contributed by atoms with E-state index in [1.165, 1.54) is 35.8 Å². The lowest BCUT2D eigenvalue weighted by Gasteiger charge is -2.16. The molecule has 198 valence electrons. The van der Waals surface area contributed by atoms with Crippen molar-refractivity contribution in [1.82, 2.24) is 14.8 Å². The van der Waals surface area contributed by atoms with Crippen LogP contribution in [0.4, 0.5) is 5.00 Å². The second-order valence-electron chi connectivity index (χ2n) is 8.39. The normalized spacial score (nSPS) is 11.7. The fraction of sp³-hybridized carbons (Fsp3) is 0.286. The highest BCUT2D eigenvalue weighted by Crippen LogP contribution is 2.36. The van der Waals surface area contributed by atoms with E-state index >= 15 is 0 Å². The summed E-state index contributed by atoms with van der Waals surface area (Å²) in [6.45, 7) is 6.67. The average Bonchev–Trinajstić information content (AvgIpc) is 3.56. The van der Waals surface area contributed by atoms with Crippen molar-refractivity contribution >= 4 is 40.0 Å². The summed E-state index contributed by atoms with van der Waals surface area (Å²) in [6, 6.07) is 17.5. The molecule has 0 saturated carbocycles. The highest BCUT2D eigenvalue weighted by molar-refractivity contribution is 7.99. The Hall–Kier alpha value is -3.63. The van der Waals surface area contributed by atoms with Gasteiger partial charge in [0, 0.05) is 17.5 Å². The van der Waals surface area contributed by atoms with Crippen LogP contribution in [0.25, 0.3) is 11.1 Å². The Labute approximate surface area is 230 Å². The van der Waals surface area contributed by atoms with Crippen molar-refractivity contribution in [2.45, 2.75) is 45.0 Å². The Morgan fingerprint density at radius 1 is 1.08 bits per heavy atom. The van der Waals surface area contributed by atoms with Crippen LogP contribution in [0.15, 0.2) is 65.1 Å². The van der Waals surface area contributed by atoms with E-state index in [1.54, 1.807) is 0 Å². The minimum Gasteiger partial charge on any atom is -0.483 e. The molecule has 1 N–H and O–H groups in total. The molecule has 0 saturated heterocycles. The van der Waals surface area contributed by atoms with E-state index in [1.807, 2.05) is 66.3 Å². The highest BCUT2D eigenvalue weighted by Gasteiger charge is 2.23. The van der Waals surface area contributed by atoms with Crippen LogP contribution in [0.1, 0.15) is 48.6 Å². The van der Waals surface area contributed by atoms with Crippen LogP contribution in [0, 0.1) is 0 Å². The minimum absolute atomic E-state index is 0.102. The van der Waals surface area contributed by atoms with Crippen molar-refractivity contribution in [2.75, 3.05) is 18.2 Å². The number of ether oxygens (including phenoxy) is 2. The van der Waals surface area contributed by atoms with E-state index in [9.17, 15) is 9.59 Å². The van der Waals surface area contributed by atoms with Gasteiger partial charge in [0.25, 0.3) is 0 Å². The van der Waals surface area contributed by atoms with Gasteiger partial charge >= 0.3 is 5.97 Å². The fourth-order valence-corrected chi connectivity index (χ4v) is 5.73. The van der Waals surface area contributed by atoms with Gasteiger partial charge in [-0.25, -0.2) is 4.79 Å². The zero-order chi connectivity index (χ0) is 27.1. The molecule has 1 atom stereocenters. The Morgan fingerprint density at radius 3 is 2.47 bits per heavy atom. The molecule has 0 radical (unpaired) electrons. The standard InChI is InChI=1S/C28H30N4O4S2/c1-5-19-12-14-21(15-13-19)36-18(3)25-30-31-28(32(25)6-2)38-17-23(33)29-26-24(27(34)35-4)22(16-37-26)20-10-8-7-9-11-20/h7-16,18H,5-6,17H2,1-4H3,(H,29,33). The molecule has 2 heterocycles. The monoisotopic (exact) mass is 550 g/mol. The first-order valence-corrected chi connectivity index (χ1v) is 14.2. The third kappa shape index (κ3) is 6.25. The Bertz CT molecular complexity index is 1380. The van der Waals surface area contributed by atoms with E-state index in [-0.39, 0.29) is 17.8 Å². The van der Waals surface area contributed by atoms with Gasteiger partial charge in [0.15, 0.2) is 17.1 Å². The van der Waals surface area contributed by atoms with Gasteiger partial charge in [-0.3, -0.25) is 4.79 Å². The molecule has 0 spiro atoms. The largest absolute Gasteiger partial charge is 0.483 e. The van der Waals surface area contributed by atoms with Gasteiger partial charge in [0.2, 0.25) is 5.91 Å². The summed E-state index contributed by atoms with van der Waals surface area (Å²) in [5.41, 5.74) is 3.19. The highest BCUT2D eigenvalue weighted by atomic mass is 32.2. The molecular formula is C28H30N4O4S2. The zero-order valence-electron chi connectivity index (χ0n) is 21.8. The maximum Gasteiger partial charge on any atom is 0.341 e. The van der Waals surface area contributed by atoms with Gasteiger partial charge in [-0.1, -0.05) is 61.2 Å². The van der Waals surface area contributed by atoms with Crippen LogP contribution in [0.2, 0.25) is 0 Å². The van der Waals surface area contributed by atoms with Crippen LogP contribution in [-0.4, -0.2) is 39.5 Å². The van der Waals surface area contributed by atoms with Gasteiger partial charge in [-0.15, -0.1) is 21.5 Å². The summed E-state index contributed by atoms with van der Waals surface area (Å²) in [5, 5.41) is 14.4. The van der Waals surface area contributed by atoms with Crippen molar-refractivity contribution in [3.8, 4) is 16.9 Å². The third-order valence-corrected chi connectivity index (χ3v) is 7.78. The van der Waals surface area contributed by atoms with Crippen LogP contribution in [0.3, 0.4) is 0 Å². The molecule has 4 aromatic rings. The lowest BCUT2D eigenvalue weighted by molar-refractivity contribution is -0.113. The number of thioether (sulfide) groups is 1. The first-order chi connectivity index (χ1) is 18.4. The molecule has 0 aliphatic heterocycles. The molecule has 1 unspecified atom stereocenters. The van der Waals surface area contributed by atoms with E-state index < -0.39 is 5.97 Å². The Balaban J connectivity index is 1.43. The van der Waals surface area contributed by atoms with E-state index in [2.05, 4.69) is 34.6 Å². The van der Waals surface area contributed by atoms with Crippen LogP contribution in [0.5, 0.6) is 5.75 Å². The van der Waals surface area contributed by atoms with Gasteiger partial charge < -0.3 is 19.4 Å². The first kappa shape index (κ1) is 27.4. The predicted molar refractivity (Wildman–Crippen MR) is 151 cm³/mol. The topological polar surface area (TPSA) is 95.3 Å². The van der Waals surface area contributed by atoms with Crippen molar-refractivity contribution in [1.29, 1.82) is 0 Å². The molecule has 2 aromatic heterocycles. The van der Waals surface area contributed by atoms with Crippen LogP contribution in [-0.2, 0) is 22.5 Å². The quantitative estimate of drug-likeness (QED) is 0.174. The maximum atomic E-state index is 12.9. The minimum atomic E-state index is -0.498. The SMILES string of the molecule is CCc1ccc(OC(C)c2nnc(SCC(=O)Nc3scc(-c4ccccc4)c3C(=O)OC)n2CC)cc1. The van der Waals surface area contributed by atoms with Crippen molar-refractivity contribution in [3.05, 3.63) is 76.9 Å². The number of nitrogens with zero attached hydrogens (tertiary/aromatic N) is 3. The maximum absolute atomic E-state index is 12.9. The van der Waals surface area contributed by atoms with Crippen molar-refractivity contribution in [2.24, 2.45) is 0 Å². The number of aryl methyl sites for hydroxylation is 1. The molecule has 0 aliphatic rings. The predicted octanol–water partition coefficient (Wildman–Crippen LogP) is 6.25. The smallest absolute Gasteiger partial charge is 0.341 e. The van der Waals surface area contributed by atoms with Crippen LogP contribution >= 0.6 is 23.1 Å². The van der Waals surface area contributed by atoms with E-state index in [0.29, 0.717) is 28.1 Å². The number of benzene rings is 2. The second kappa shape index (κ2) is 12.7. The van der Waals surface area contributed by atoms with E-state index in [0.717, 1.165) is 23.3 Å². The third-order valence-electron chi connectivity index (χ3n) is 5.92. The molecular weight excluding hydrogens is 520 g/mol. The van der Waals surface area contributed by atoms with Gasteiger partial charge in [0.1, 0.15) is 16.3 Å². The number of hydrogen-bond acceptors (Lipinski definition) is 8. The second-order valence-corrected chi connectivity index (χ2v) is 10.2. The number of methoxy groups -OCH3 is 1. The number of anilines is 1. The van der Waals surface area contributed by atoms with Crippen LogP contribution < -0.4 is 10.1 Å². The Morgan fingerprint density at radius 2 is 1.82 bits per heavy atom. The zero-order valence-corrected chi connectivity index (χ0v) is 23.4.